The van der Waals surface area contributed by atoms with Crippen molar-refractivity contribution in [2.45, 2.75) is 0 Å². The number of anilines is 1. The van der Waals surface area contributed by atoms with E-state index in [4.69, 9.17) is 10.5 Å². The molecule has 0 saturated carbocycles. The van der Waals surface area contributed by atoms with E-state index in [2.05, 4.69) is 9.72 Å². The van der Waals surface area contributed by atoms with Crippen LogP contribution in [-0.2, 0) is 4.74 Å². The van der Waals surface area contributed by atoms with Crippen LogP contribution in [0.25, 0.3) is 10.6 Å². The van der Waals surface area contributed by atoms with E-state index in [0.29, 0.717) is 10.6 Å². The quantitative estimate of drug-likeness (QED) is 0.522. The molecular formula is C12H11N3O5S. The Hall–Kier alpha value is -2.68. The number of hydrogen-bond donors (Lipinski definition) is 1. The minimum atomic E-state index is -0.667. The lowest BCUT2D eigenvalue weighted by atomic mass is 10.2. The lowest BCUT2D eigenvalue weighted by Gasteiger charge is -2.05. The highest BCUT2D eigenvalue weighted by Gasteiger charge is 2.24. The van der Waals surface area contributed by atoms with Gasteiger partial charge < -0.3 is 15.2 Å². The van der Waals surface area contributed by atoms with Gasteiger partial charge >= 0.3 is 11.7 Å². The van der Waals surface area contributed by atoms with Gasteiger partial charge in [0.05, 0.1) is 24.7 Å². The molecule has 0 aliphatic carbocycles. The van der Waals surface area contributed by atoms with Crippen LogP contribution in [0.5, 0.6) is 5.75 Å². The summed E-state index contributed by atoms with van der Waals surface area (Å²) in [5.41, 5.74) is 5.90. The van der Waals surface area contributed by atoms with E-state index in [1.807, 2.05) is 0 Å². The van der Waals surface area contributed by atoms with Crippen LogP contribution in [0.1, 0.15) is 10.5 Å². The van der Waals surface area contributed by atoms with Crippen LogP contribution in [0.2, 0.25) is 0 Å². The van der Waals surface area contributed by atoms with Crippen molar-refractivity contribution >= 4 is 28.0 Å². The number of carbonyl (C=O) groups excluding carboxylic acids is 1. The molecule has 8 nitrogen and oxygen atoms in total. The normalized spacial score (nSPS) is 10.2. The number of nitrogens with two attached hydrogens (primary N) is 1. The molecule has 0 unspecified atom stereocenters. The third kappa shape index (κ3) is 2.63. The Labute approximate surface area is 123 Å². The molecule has 2 aromatic rings. The number of aromatic nitrogens is 1. The average Bonchev–Trinajstić information content (AvgIpc) is 2.87. The highest BCUT2D eigenvalue weighted by molar-refractivity contribution is 7.19. The first-order chi connectivity index (χ1) is 9.99. The number of benzene rings is 1. The number of nitro benzene ring substituents is 1. The first-order valence-electron chi connectivity index (χ1n) is 5.66. The Bertz CT molecular complexity index is 713. The van der Waals surface area contributed by atoms with Gasteiger partial charge in [0.15, 0.2) is 5.69 Å². The lowest BCUT2D eigenvalue weighted by Crippen LogP contribution is -2.04. The van der Waals surface area contributed by atoms with Crippen LogP contribution < -0.4 is 10.5 Å². The highest BCUT2D eigenvalue weighted by Crippen LogP contribution is 2.40. The van der Waals surface area contributed by atoms with Gasteiger partial charge in [0, 0.05) is 6.07 Å². The fourth-order valence-corrected chi connectivity index (χ4v) is 2.58. The zero-order valence-corrected chi connectivity index (χ0v) is 12.0. The minimum absolute atomic E-state index is 0.0222. The Kier molecular flexibility index (Phi) is 4.03. The molecule has 0 spiro atoms. The Balaban J connectivity index is 2.60. The molecule has 0 amide bonds. The number of esters is 1. The van der Waals surface area contributed by atoms with Crippen molar-refractivity contribution in [3.8, 4) is 16.3 Å². The van der Waals surface area contributed by atoms with E-state index in [0.717, 1.165) is 11.3 Å². The number of methoxy groups -OCH3 is 2. The number of nitrogens with zero attached hydrogens (tertiary/aromatic N) is 2. The monoisotopic (exact) mass is 309 g/mol. The predicted octanol–water partition coefficient (Wildman–Crippen LogP) is 2.10. The van der Waals surface area contributed by atoms with Gasteiger partial charge in [0.2, 0.25) is 5.75 Å². The third-order valence-corrected chi connectivity index (χ3v) is 3.58. The Morgan fingerprint density at radius 3 is 2.71 bits per heavy atom. The first kappa shape index (κ1) is 14.7. The van der Waals surface area contributed by atoms with Crippen molar-refractivity contribution in [3.63, 3.8) is 0 Å². The van der Waals surface area contributed by atoms with E-state index in [1.165, 1.54) is 26.4 Å². The summed E-state index contributed by atoms with van der Waals surface area (Å²) in [5.74, 6) is -0.605. The van der Waals surface area contributed by atoms with Crippen molar-refractivity contribution in [3.05, 3.63) is 34.0 Å². The van der Waals surface area contributed by atoms with Crippen molar-refractivity contribution in [1.29, 1.82) is 0 Å². The van der Waals surface area contributed by atoms with E-state index in [9.17, 15) is 14.9 Å². The number of nitrogen functional groups attached to an aromatic ring is 1. The number of carbonyl (C=O) groups is 1. The second-order valence-electron chi connectivity index (χ2n) is 3.84. The first-order valence-corrected chi connectivity index (χ1v) is 6.47. The van der Waals surface area contributed by atoms with Crippen LogP contribution in [0, 0.1) is 10.1 Å². The van der Waals surface area contributed by atoms with Crippen molar-refractivity contribution in [2.75, 3.05) is 20.0 Å². The highest BCUT2D eigenvalue weighted by atomic mass is 32.1. The predicted molar refractivity (Wildman–Crippen MR) is 76.5 cm³/mol. The van der Waals surface area contributed by atoms with E-state index in [1.54, 1.807) is 6.07 Å². The topological polar surface area (TPSA) is 118 Å². The summed E-state index contributed by atoms with van der Waals surface area (Å²) >= 11 is 1.02. The number of hydrogen-bond acceptors (Lipinski definition) is 8. The van der Waals surface area contributed by atoms with Gasteiger partial charge in [-0.25, -0.2) is 9.78 Å². The molecular weight excluding hydrogens is 298 g/mol. The molecule has 0 saturated heterocycles. The van der Waals surface area contributed by atoms with Crippen LogP contribution in [0.3, 0.4) is 0 Å². The zero-order chi connectivity index (χ0) is 15.6. The lowest BCUT2D eigenvalue weighted by molar-refractivity contribution is -0.385. The maximum atomic E-state index is 11.5. The summed E-state index contributed by atoms with van der Waals surface area (Å²) < 4.78 is 9.67. The van der Waals surface area contributed by atoms with Gasteiger partial charge in [0.1, 0.15) is 10.0 Å². The average molecular weight is 309 g/mol. The molecule has 1 aromatic carbocycles. The number of nitro groups is 1. The molecule has 1 heterocycles. The number of rotatable bonds is 4. The summed E-state index contributed by atoms with van der Waals surface area (Å²) in [6, 6.07) is 4.43. The molecule has 0 radical (unpaired) electrons. The van der Waals surface area contributed by atoms with E-state index >= 15 is 0 Å². The van der Waals surface area contributed by atoms with Gasteiger partial charge in [-0.05, 0) is 6.07 Å². The van der Waals surface area contributed by atoms with Gasteiger partial charge in [-0.15, -0.1) is 0 Å². The Morgan fingerprint density at radius 1 is 1.43 bits per heavy atom. The summed E-state index contributed by atoms with van der Waals surface area (Å²) in [6.45, 7) is 0. The van der Waals surface area contributed by atoms with Crippen molar-refractivity contribution < 1.29 is 19.2 Å². The number of thiazole rings is 1. The molecule has 0 atom stereocenters. The third-order valence-electron chi connectivity index (χ3n) is 2.66. The summed E-state index contributed by atoms with van der Waals surface area (Å²) in [4.78, 5) is 26.0. The van der Waals surface area contributed by atoms with Crippen molar-refractivity contribution in [1.82, 2.24) is 4.98 Å². The second kappa shape index (κ2) is 5.75. The molecule has 0 bridgehead atoms. The van der Waals surface area contributed by atoms with Gasteiger partial charge in [-0.2, -0.15) is 0 Å². The maximum absolute atomic E-state index is 11.5. The van der Waals surface area contributed by atoms with Crippen LogP contribution in [0.4, 0.5) is 10.7 Å². The fourth-order valence-electron chi connectivity index (χ4n) is 1.74. The van der Waals surface area contributed by atoms with E-state index in [-0.39, 0.29) is 22.1 Å². The molecule has 1 aromatic heterocycles. The summed E-state index contributed by atoms with van der Waals surface area (Å²) in [7, 11) is 2.54. The number of ether oxygens (including phenoxy) is 2. The van der Waals surface area contributed by atoms with Crippen LogP contribution >= 0.6 is 11.3 Å². The second-order valence-corrected chi connectivity index (χ2v) is 4.87. The molecule has 21 heavy (non-hydrogen) atoms. The zero-order valence-electron chi connectivity index (χ0n) is 11.2. The molecule has 9 heteroatoms. The van der Waals surface area contributed by atoms with Crippen molar-refractivity contribution in [2.24, 2.45) is 0 Å². The molecule has 0 aliphatic heterocycles. The van der Waals surface area contributed by atoms with Crippen LogP contribution in [-0.4, -0.2) is 30.1 Å². The molecule has 110 valence electrons. The van der Waals surface area contributed by atoms with Gasteiger partial charge in [-0.3, -0.25) is 10.1 Å². The molecule has 0 fully saturated rings. The SMILES string of the molecule is COC(=O)c1nc(-c2cccc([N+](=O)[O-])c2OC)sc1N. The Morgan fingerprint density at radius 2 is 2.14 bits per heavy atom. The minimum Gasteiger partial charge on any atom is -0.490 e. The fraction of sp³-hybridized carbons (Fsp3) is 0.167. The molecule has 2 N–H and O–H groups in total. The van der Waals surface area contributed by atoms with E-state index < -0.39 is 10.9 Å². The smallest absolute Gasteiger partial charge is 0.359 e. The molecule has 2 rings (SSSR count). The van der Waals surface area contributed by atoms with Gasteiger partial charge in [-0.1, -0.05) is 17.4 Å². The largest absolute Gasteiger partial charge is 0.490 e. The molecule has 0 aliphatic rings. The maximum Gasteiger partial charge on any atom is 0.359 e. The van der Waals surface area contributed by atoms with Gasteiger partial charge in [0.25, 0.3) is 0 Å². The standard InChI is InChI=1S/C12H11N3O5S/c1-19-9-6(4-3-5-7(9)15(17)18)11-14-8(10(13)21-11)12(16)20-2/h3-5H,13H2,1-2H3. The number of para-hydroxylation sites is 1. The summed E-state index contributed by atoms with van der Waals surface area (Å²) in [5, 5.41) is 11.5. The summed E-state index contributed by atoms with van der Waals surface area (Å²) in [6.07, 6.45) is 0. The van der Waals surface area contributed by atoms with Crippen LogP contribution in [0.15, 0.2) is 18.2 Å².